The van der Waals surface area contributed by atoms with Crippen molar-refractivity contribution in [1.82, 2.24) is 0 Å². The van der Waals surface area contributed by atoms with Crippen LogP contribution in [0.15, 0.2) is 46.6 Å². The zero-order valence-electron chi connectivity index (χ0n) is 23.0. The molecular weight excluding hydrogens is 468 g/mol. The summed E-state index contributed by atoms with van der Waals surface area (Å²) < 4.78 is 0. The van der Waals surface area contributed by atoms with Crippen molar-refractivity contribution in [2.45, 2.75) is 98.3 Å². The van der Waals surface area contributed by atoms with E-state index in [0.717, 1.165) is 38.5 Å². The second kappa shape index (κ2) is 13.9. The molecular formula is C31H44O6. The summed E-state index contributed by atoms with van der Waals surface area (Å²) in [4.78, 5) is 50.3. The number of aliphatic hydroxyl groups is 2. The number of aliphatic hydroxyl groups excluding tert-OH is 2. The molecule has 0 unspecified atom stereocenters. The van der Waals surface area contributed by atoms with Gasteiger partial charge in [-0.3, -0.25) is 19.2 Å². The summed E-state index contributed by atoms with van der Waals surface area (Å²) in [6.07, 6.45) is 12.9. The van der Waals surface area contributed by atoms with Gasteiger partial charge in [-0.05, 0) is 92.9 Å². The maximum Gasteiger partial charge on any atom is 0.185 e. The van der Waals surface area contributed by atoms with Crippen LogP contribution in [0.2, 0.25) is 0 Å². The number of hydrogen-bond donors (Lipinski definition) is 2. The fraction of sp³-hybridized carbons (Fsp3) is 0.613. The van der Waals surface area contributed by atoms with E-state index >= 15 is 0 Å². The fourth-order valence-corrected chi connectivity index (χ4v) is 4.65. The zero-order valence-corrected chi connectivity index (χ0v) is 23.0. The Morgan fingerprint density at radius 2 is 0.811 bits per heavy atom. The first-order valence-electron chi connectivity index (χ1n) is 13.6. The van der Waals surface area contributed by atoms with E-state index in [-0.39, 0.29) is 47.2 Å². The molecule has 0 aromatic rings. The first-order chi connectivity index (χ1) is 17.4. The van der Waals surface area contributed by atoms with E-state index in [1.54, 1.807) is 0 Å². The highest BCUT2D eigenvalue weighted by Gasteiger charge is 2.24. The number of ketones is 4. The number of allylic oxidation sites excluding steroid dienone is 8. The van der Waals surface area contributed by atoms with Gasteiger partial charge in [-0.15, -0.1) is 0 Å². The molecule has 2 rings (SSSR count). The standard InChI is InChI=1S/C31H44O6/c1-30(2,20-32)14-7-5-10-22-16-26(34)18-24(28(22)36)12-9-13-25-19-27(35)17-23(29(25)37)11-6-8-15-31(3,4)21-33/h16-19,32-33H,5-15,20-21H2,1-4H3. The van der Waals surface area contributed by atoms with Crippen LogP contribution in [-0.2, 0) is 19.2 Å². The summed E-state index contributed by atoms with van der Waals surface area (Å²) in [6, 6.07) is 0. The number of rotatable bonds is 16. The lowest BCUT2D eigenvalue weighted by Gasteiger charge is -2.21. The van der Waals surface area contributed by atoms with Crippen molar-refractivity contribution < 1.29 is 29.4 Å². The van der Waals surface area contributed by atoms with E-state index in [4.69, 9.17) is 0 Å². The van der Waals surface area contributed by atoms with Crippen LogP contribution in [0, 0.1) is 10.8 Å². The lowest BCUT2D eigenvalue weighted by Crippen LogP contribution is -2.18. The van der Waals surface area contributed by atoms with Crippen molar-refractivity contribution in [2.24, 2.45) is 10.8 Å². The molecule has 0 radical (unpaired) electrons. The number of carbonyl (C=O) groups excluding carboxylic acids is 4. The summed E-state index contributed by atoms with van der Waals surface area (Å²) in [7, 11) is 0. The molecule has 6 heteroatoms. The third-order valence-electron chi connectivity index (χ3n) is 7.28. The molecule has 0 aromatic heterocycles. The highest BCUT2D eigenvalue weighted by atomic mass is 16.3. The molecule has 0 saturated carbocycles. The maximum absolute atomic E-state index is 12.9. The van der Waals surface area contributed by atoms with Gasteiger partial charge in [-0.1, -0.05) is 40.5 Å². The molecule has 0 amide bonds. The molecule has 0 spiro atoms. The van der Waals surface area contributed by atoms with Gasteiger partial charge >= 0.3 is 0 Å². The SMILES string of the molecule is CC(C)(CO)CCCCC1=CC(=O)C=C(CCCC2=CC(=O)C=C(CCCCC(C)(C)CO)C2=O)C1=O. The lowest BCUT2D eigenvalue weighted by molar-refractivity contribution is -0.115. The van der Waals surface area contributed by atoms with Crippen LogP contribution in [0.3, 0.4) is 0 Å². The van der Waals surface area contributed by atoms with Crippen molar-refractivity contribution in [2.75, 3.05) is 13.2 Å². The maximum atomic E-state index is 12.9. The van der Waals surface area contributed by atoms with Gasteiger partial charge in [-0.25, -0.2) is 0 Å². The summed E-state index contributed by atoms with van der Waals surface area (Å²) in [5.74, 6) is -0.573. The zero-order chi connectivity index (χ0) is 27.6. The number of carbonyl (C=O) groups is 4. The van der Waals surface area contributed by atoms with E-state index in [1.807, 2.05) is 27.7 Å². The van der Waals surface area contributed by atoms with Crippen LogP contribution in [0.1, 0.15) is 98.3 Å². The molecule has 0 aliphatic heterocycles. The van der Waals surface area contributed by atoms with Gasteiger partial charge in [-0.2, -0.15) is 0 Å². The summed E-state index contributed by atoms with van der Waals surface area (Å²) in [5.41, 5.74) is 1.70. The van der Waals surface area contributed by atoms with Crippen LogP contribution >= 0.6 is 0 Å². The van der Waals surface area contributed by atoms with Crippen LogP contribution in [0.4, 0.5) is 0 Å². The smallest absolute Gasteiger partial charge is 0.185 e. The van der Waals surface area contributed by atoms with E-state index in [9.17, 15) is 29.4 Å². The van der Waals surface area contributed by atoms with Gasteiger partial charge in [0, 0.05) is 35.5 Å². The molecule has 2 N–H and O–H groups in total. The summed E-state index contributed by atoms with van der Waals surface area (Å²) >= 11 is 0. The highest BCUT2D eigenvalue weighted by Crippen LogP contribution is 2.29. The third kappa shape index (κ3) is 10.1. The van der Waals surface area contributed by atoms with Gasteiger partial charge < -0.3 is 10.2 Å². The second-order valence-electron chi connectivity index (χ2n) is 12.1. The van der Waals surface area contributed by atoms with E-state index in [0.29, 0.717) is 54.4 Å². The molecule has 2 aliphatic rings. The molecule has 2 aliphatic carbocycles. The van der Waals surface area contributed by atoms with E-state index < -0.39 is 0 Å². The van der Waals surface area contributed by atoms with Gasteiger partial charge in [0.25, 0.3) is 0 Å². The Labute approximate surface area is 221 Å². The average Bonchev–Trinajstić information content (AvgIpc) is 2.84. The van der Waals surface area contributed by atoms with Crippen molar-refractivity contribution in [1.29, 1.82) is 0 Å². The lowest BCUT2D eigenvalue weighted by atomic mass is 9.85. The van der Waals surface area contributed by atoms with Crippen molar-refractivity contribution in [3.05, 3.63) is 46.6 Å². The minimum atomic E-state index is -0.182. The Balaban J connectivity index is 1.83. The Hall–Kier alpha value is -2.44. The Morgan fingerprint density at radius 3 is 1.11 bits per heavy atom. The molecule has 0 bridgehead atoms. The number of Topliss-reactive ketones (excluding diaryl/α,β-unsaturated/α-hetero) is 2. The largest absolute Gasteiger partial charge is 0.396 e. The molecule has 6 nitrogen and oxygen atoms in total. The number of unbranched alkanes of at least 4 members (excludes halogenated alkanes) is 2. The van der Waals surface area contributed by atoms with E-state index in [1.165, 1.54) is 24.3 Å². The van der Waals surface area contributed by atoms with Crippen molar-refractivity contribution >= 4 is 23.1 Å². The minimum absolute atomic E-state index is 0.104. The molecule has 0 atom stereocenters. The molecule has 0 aromatic carbocycles. The predicted molar refractivity (Wildman–Crippen MR) is 145 cm³/mol. The van der Waals surface area contributed by atoms with Crippen LogP contribution < -0.4 is 0 Å². The normalized spacial score (nSPS) is 17.0. The molecule has 0 fully saturated rings. The second-order valence-corrected chi connectivity index (χ2v) is 12.1. The van der Waals surface area contributed by atoms with Crippen LogP contribution in [0.5, 0.6) is 0 Å². The Morgan fingerprint density at radius 1 is 0.514 bits per heavy atom. The first-order valence-corrected chi connectivity index (χ1v) is 13.6. The molecule has 0 saturated heterocycles. The topological polar surface area (TPSA) is 109 Å². The van der Waals surface area contributed by atoms with E-state index in [2.05, 4.69) is 0 Å². The monoisotopic (exact) mass is 512 g/mol. The quantitative estimate of drug-likeness (QED) is 0.214. The first kappa shape index (κ1) is 30.8. The molecule has 37 heavy (non-hydrogen) atoms. The van der Waals surface area contributed by atoms with Crippen LogP contribution in [0.25, 0.3) is 0 Å². The Bertz CT molecular complexity index is 923. The highest BCUT2D eigenvalue weighted by molar-refractivity contribution is 6.21. The molecule has 0 heterocycles. The van der Waals surface area contributed by atoms with Crippen molar-refractivity contribution in [3.8, 4) is 0 Å². The number of hydrogen-bond acceptors (Lipinski definition) is 6. The minimum Gasteiger partial charge on any atom is -0.396 e. The van der Waals surface area contributed by atoms with Gasteiger partial charge in [0.15, 0.2) is 23.1 Å². The average molecular weight is 513 g/mol. The van der Waals surface area contributed by atoms with Crippen LogP contribution in [-0.4, -0.2) is 46.6 Å². The summed E-state index contributed by atoms with van der Waals surface area (Å²) in [5, 5.41) is 18.8. The molecule has 204 valence electrons. The van der Waals surface area contributed by atoms with Gasteiger partial charge in [0.05, 0.1) is 0 Å². The third-order valence-corrected chi connectivity index (χ3v) is 7.28. The summed E-state index contributed by atoms with van der Waals surface area (Å²) in [6.45, 7) is 8.24. The van der Waals surface area contributed by atoms with Crippen molar-refractivity contribution in [3.63, 3.8) is 0 Å². The van der Waals surface area contributed by atoms with Gasteiger partial charge in [0.2, 0.25) is 0 Å². The Kier molecular flexibility index (Phi) is 11.6. The van der Waals surface area contributed by atoms with Gasteiger partial charge in [0.1, 0.15) is 0 Å². The fourth-order valence-electron chi connectivity index (χ4n) is 4.65. The predicted octanol–water partition coefficient (Wildman–Crippen LogP) is 5.32.